The van der Waals surface area contributed by atoms with Crippen molar-refractivity contribution in [2.24, 2.45) is 0 Å². The van der Waals surface area contributed by atoms with Gasteiger partial charge < -0.3 is 14.8 Å². The molecule has 1 unspecified atom stereocenters. The number of aromatic nitrogens is 1. The van der Waals surface area contributed by atoms with Gasteiger partial charge >= 0.3 is 5.97 Å². The molecule has 1 aliphatic rings. The number of thiazole rings is 1. The first-order valence-electron chi connectivity index (χ1n) is 9.98. The zero-order valence-electron chi connectivity index (χ0n) is 17.5. The van der Waals surface area contributed by atoms with Gasteiger partial charge in [0.2, 0.25) is 5.91 Å². The molecule has 32 heavy (non-hydrogen) atoms. The largest absolute Gasteiger partial charge is 0.493 e. The van der Waals surface area contributed by atoms with Crippen LogP contribution in [-0.2, 0) is 9.59 Å². The quantitative estimate of drug-likeness (QED) is 0.449. The van der Waals surface area contributed by atoms with E-state index in [2.05, 4.69) is 15.6 Å². The van der Waals surface area contributed by atoms with Crippen molar-refractivity contribution in [3.05, 3.63) is 59.0 Å². The third-order valence-electron chi connectivity index (χ3n) is 4.81. The van der Waals surface area contributed by atoms with Gasteiger partial charge in [-0.15, -0.1) is 11.3 Å². The summed E-state index contributed by atoms with van der Waals surface area (Å²) in [7, 11) is 0. The van der Waals surface area contributed by atoms with Gasteiger partial charge in [-0.25, -0.2) is 4.98 Å². The van der Waals surface area contributed by atoms with Crippen LogP contribution in [0.1, 0.15) is 42.2 Å². The van der Waals surface area contributed by atoms with Crippen LogP contribution < -0.4 is 20.1 Å². The van der Waals surface area contributed by atoms with Crippen molar-refractivity contribution in [1.29, 1.82) is 0 Å². The lowest BCUT2D eigenvalue weighted by molar-refractivity contribution is -0.131. The molecular formula is C23H21N3O5S. The van der Waals surface area contributed by atoms with Crippen LogP contribution in [-0.4, -0.2) is 29.4 Å². The Bertz CT molecular complexity index is 1190. The topological polar surface area (TPSA) is 107 Å². The van der Waals surface area contributed by atoms with Crippen molar-refractivity contribution >= 4 is 34.3 Å². The second-order valence-electron chi connectivity index (χ2n) is 7.26. The maximum absolute atomic E-state index is 12.6. The molecule has 0 fully saturated rings. The van der Waals surface area contributed by atoms with Crippen LogP contribution in [0.15, 0.2) is 47.8 Å². The molecule has 0 spiro atoms. The lowest BCUT2D eigenvalue weighted by atomic mass is 9.97. The van der Waals surface area contributed by atoms with Crippen LogP contribution in [0.2, 0.25) is 0 Å². The van der Waals surface area contributed by atoms with E-state index < -0.39 is 5.97 Å². The molecule has 0 saturated heterocycles. The molecule has 2 amide bonds. The van der Waals surface area contributed by atoms with Crippen molar-refractivity contribution < 1.29 is 23.9 Å². The standard InChI is InChI=1S/C23H21N3O5S/c1-13(27)24-19-8-9-30-21-7-6-15(11-18(19)21)20-12-32-23(25-20)26-22(29)16-4-3-5-17(10-16)31-14(2)28/h3-7,10-12,19H,8-9H2,1-2H3,(H,24,27)(H,25,26,29). The predicted octanol–water partition coefficient (Wildman–Crippen LogP) is 3.95. The zero-order chi connectivity index (χ0) is 22.7. The molecular weight excluding hydrogens is 430 g/mol. The molecule has 0 saturated carbocycles. The fraction of sp³-hybridized carbons (Fsp3) is 0.217. The molecule has 4 rings (SSSR count). The number of hydrogen-bond acceptors (Lipinski definition) is 7. The van der Waals surface area contributed by atoms with E-state index >= 15 is 0 Å². The summed E-state index contributed by atoms with van der Waals surface area (Å²) >= 11 is 1.30. The second kappa shape index (κ2) is 9.19. The Kier molecular flexibility index (Phi) is 6.18. The van der Waals surface area contributed by atoms with E-state index in [1.807, 2.05) is 23.6 Å². The van der Waals surface area contributed by atoms with Gasteiger partial charge in [0.1, 0.15) is 11.5 Å². The van der Waals surface area contributed by atoms with E-state index in [1.165, 1.54) is 31.3 Å². The first-order valence-corrected chi connectivity index (χ1v) is 10.9. The van der Waals surface area contributed by atoms with Crippen molar-refractivity contribution in [2.75, 3.05) is 11.9 Å². The first kappa shape index (κ1) is 21.5. The number of carbonyl (C=O) groups excluding carboxylic acids is 3. The van der Waals surface area contributed by atoms with Crippen molar-refractivity contribution in [1.82, 2.24) is 10.3 Å². The molecule has 2 heterocycles. The highest BCUT2D eigenvalue weighted by Crippen LogP contribution is 2.36. The Labute approximate surface area is 188 Å². The van der Waals surface area contributed by atoms with E-state index in [0.717, 1.165) is 16.9 Å². The number of hydrogen-bond donors (Lipinski definition) is 2. The van der Waals surface area contributed by atoms with Gasteiger partial charge in [0.25, 0.3) is 5.91 Å². The van der Waals surface area contributed by atoms with Crippen LogP contribution >= 0.6 is 11.3 Å². The van der Waals surface area contributed by atoms with Crippen molar-refractivity contribution in [3.8, 4) is 22.8 Å². The number of anilines is 1. The highest BCUT2D eigenvalue weighted by molar-refractivity contribution is 7.14. The van der Waals surface area contributed by atoms with Gasteiger partial charge in [-0.2, -0.15) is 0 Å². The Hall–Kier alpha value is -3.72. The van der Waals surface area contributed by atoms with Gasteiger partial charge in [-0.3, -0.25) is 19.7 Å². The maximum Gasteiger partial charge on any atom is 0.308 e. The van der Waals surface area contributed by atoms with Crippen LogP contribution in [0.25, 0.3) is 11.3 Å². The fourth-order valence-electron chi connectivity index (χ4n) is 3.45. The van der Waals surface area contributed by atoms with Crippen LogP contribution in [0.3, 0.4) is 0 Å². The number of fused-ring (bicyclic) bond motifs is 1. The molecule has 2 aromatic carbocycles. The molecule has 1 aliphatic heterocycles. The lowest BCUT2D eigenvalue weighted by Crippen LogP contribution is -2.30. The van der Waals surface area contributed by atoms with Crippen LogP contribution in [0, 0.1) is 0 Å². The molecule has 8 nitrogen and oxygen atoms in total. The molecule has 0 bridgehead atoms. The van der Waals surface area contributed by atoms with Crippen LogP contribution in [0.4, 0.5) is 5.13 Å². The summed E-state index contributed by atoms with van der Waals surface area (Å²) < 4.78 is 10.7. The summed E-state index contributed by atoms with van der Waals surface area (Å²) in [5, 5.41) is 8.02. The molecule has 1 atom stereocenters. The highest BCUT2D eigenvalue weighted by atomic mass is 32.1. The molecule has 9 heteroatoms. The Morgan fingerprint density at radius 1 is 1.16 bits per heavy atom. The Balaban J connectivity index is 1.51. The molecule has 164 valence electrons. The van der Waals surface area contributed by atoms with Crippen LogP contribution in [0.5, 0.6) is 11.5 Å². The van der Waals surface area contributed by atoms with Gasteiger partial charge in [-0.05, 0) is 36.4 Å². The summed E-state index contributed by atoms with van der Waals surface area (Å²) in [6.45, 7) is 3.34. The molecule has 1 aromatic heterocycles. The average molecular weight is 452 g/mol. The summed E-state index contributed by atoms with van der Waals surface area (Å²) in [6.07, 6.45) is 0.695. The summed E-state index contributed by atoms with van der Waals surface area (Å²) in [5.74, 6) is 0.141. The number of nitrogens with one attached hydrogen (secondary N) is 2. The van der Waals surface area contributed by atoms with E-state index in [0.29, 0.717) is 35.2 Å². The average Bonchev–Trinajstić information content (AvgIpc) is 3.21. The molecule has 3 aromatic rings. The van der Waals surface area contributed by atoms with Crippen molar-refractivity contribution in [2.45, 2.75) is 26.3 Å². The van der Waals surface area contributed by atoms with Crippen molar-refractivity contribution in [3.63, 3.8) is 0 Å². The third-order valence-corrected chi connectivity index (χ3v) is 5.56. The highest BCUT2D eigenvalue weighted by Gasteiger charge is 2.23. The number of carbonyl (C=O) groups is 3. The number of ether oxygens (including phenoxy) is 2. The van der Waals surface area contributed by atoms with Gasteiger partial charge in [0.15, 0.2) is 5.13 Å². The lowest BCUT2D eigenvalue weighted by Gasteiger charge is -2.26. The minimum absolute atomic E-state index is 0.0929. The predicted molar refractivity (Wildman–Crippen MR) is 120 cm³/mol. The normalized spacial score (nSPS) is 14.6. The summed E-state index contributed by atoms with van der Waals surface area (Å²) in [6, 6.07) is 12.0. The van der Waals surface area contributed by atoms with E-state index in [-0.39, 0.29) is 17.9 Å². The summed E-state index contributed by atoms with van der Waals surface area (Å²) in [5.41, 5.74) is 2.82. The number of rotatable bonds is 5. The minimum atomic E-state index is -0.455. The van der Waals surface area contributed by atoms with E-state index in [1.54, 1.807) is 18.2 Å². The summed E-state index contributed by atoms with van der Waals surface area (Å²) in [4.78, 5) is 39.8. The van der Waals surface area contributed by atoms with E-state index in [9.17, 15) is 14.4 Å². The smallest absolute Gasteiger partial charge is 0.308 e. The third kappa shape index (κ3) is 4.94. The molecule has 2 N–H and O–H groups in total. The SMILES string of the molecule is CC(=O)NC1CCOc2ccc(-c3csc(NC(=O)c4cccc(OC(C)=O)c4)n3)cc21. The Morgan fingerprint density at radius 2 is 2.00 bits per heavy atom. The molecule has 0 radical (unpaired) electrons. The first-order chi connectivity index (χ1) is 15.4. The number of esters is 1. The van der Waals surface area contributed by atoms with Gasteiger partial charge in [0.05, 0.1) is 18.3 Å². The molecule has 0 aliphatic carbocycles. The number of amides is 2. The second-order valence-corrected chi connectivity index (χ2v) is 8.11. The van der Waals surface area contributed by atoms with Gasteiger partial charge in [-0.1, -0.05) is 6.07 Å². The maximum atomic E-state index is 12.6. The van der Waals surface area contributed by atoms with E-state index in [4.69, 9.17) is 9.47 Å². The monoisotopic (exact) mass is 451 g/mol. The minimum Gasteiger partial charge on any atom is -0.493 e. The fourth-order valence-corrected chi connectivity index (χ4v) is 4.16. The Morgan fingerprint density at radius 3 is 2.78 bits per heavy atom. The number of benzene rings is 2. The number of nitrogens with zero attached hydrogens (tertiary/aromatic N) is 1. The zero-order valence-corrected chi connectivity index (χ0v) is 18.3. The van der Waals surface area contributed by atoms with Gasteiger partial charge in [0, 0.05) is 42.3 Å².